The van der Waals surface area contributed by atoms with Crippen LogP contribution in [-0.4, -0.2) is 9.91 Å². The van der Waals surface area contributed by atoms with Gasteiger partial charge < -0.3 is 5.32 Å². The van der Waals surface area contributed by atoms with Gasteiger partial charge in [-0.1, -0.05) is 0 Å². The van der Waals surface area contributed by atoms with Crippen LogP contribution in [0.25, 0.3) is 0 Å². The lowest BCUT2D eigenvalue weighted by Gasteiger charge is -2.07. The molecule has 2 rings (SSSR count). The normalized spacial score (nSPS) is 10.2. The van der Waals surface area contributed by atoms with Crippen LogP contribution in [0.4, 0.5) is 11.4 Å². The van der Waals surface area contributed by atoms with Crippen molar-refractivity contribution in [1.29, 1.82) is 0 Å². The van der Waals surface area contributed by atoms with Gasteiger partial charge in [0.05, 0.1) is 9.40 Å². The Morgan fingerprint density at radius 1 is 1.26 bits per heavy atom. The molecule has 1 aromatic heterocycles. The average Bonchev–Trinajstić information content (AvgIpc) is 2.37. The van der Waals surface area contributed by atoms with Crippen LogP contribution in [0.1, 0.15) is 5.56 Å². The van der Waals surface area contributed by atoms with Crippen molar-refractivity contribution in [2.45, 2.75) is 6.54 Å². The highest BCUT2D eigenvalue weighted by atomic mass is 79.9. The number of pyridine rings is 1. The van der Waals surface area contributed by atoms with Crippen LogP contribution in [0.2, 0.25) is 0 Å². The fourth-order valence-corrected chi connectivity index (χ4v) is 2.32. The molecule has 0 unspecified atom stereocenters. The van der Waals surface area contributed by atoms with Gasteiger partial charge in [0, 0.05) is 35.2 Å². The second-order valence-corrected chi connectivity index (χ2v) is 5.56. The first-order valence-electron chi connectivity index (χ1n) is 5.33. The van der Waals surface area contributed by atoms with Gasteiger partial charge in [0.15, 0.2) is 0 Å². The lowest BCUT2D eigenvalue weighted by molar-refractivity contribution is -0.385. The maximum Gasteiger partial charge on any atom is 0.285 e. The summed E-state index contributed by atoms with van der Waals surface area (Å²) in [6, 6.07) is 6.87. The molecule has 1 N–H and O–H groups in total. The Morgan fingerprint density at radius 3 is 2.74 bits per heavy atom. The summed E-state index contributed by atoms with van der Waals surface area (Å²) in [5, 5.41) is 13.9. The van der Waals surface area contributed by atoms with Gasteiger partial charge in [-0.15, -0.1) is 0 Å². The number of nitro benzene ring substituents is 1. The molecule has 19 heavy (non-hydrogen) atoms. The van der Waals surface area contributed by atoms with Crippen molar-refractivity contribution >= 4 is 43.2 Å². The van der Waals surface area contributed by atoms with Gasteiger partial charge in [0.2, 0.25) is 0 Å². The molecule has 1 aromatic carbocycles. The first-order valence-corrected chi connectivity index (χ1v) is 6.92. The van der Waals surface area contributed by atoms with E-state index in [1.165, 1.54) is 6.07 Å². The number of nitrogens with zero attached hydrogens (tertiary/aromatic N) is 2. The quantitative estimate of drug-likeness (QED) is 0.633. The van der Waals surface area contributed by atoms with Crippen molar-refractivity contribution in [1.82, 2.24) is 4.98 Å². The SMILES string of the molecule is O=[N+]([O-])c1cc(NCc2cncc(Br)c2)ccc1Br. The van der Waals surface area contributed by atoms with E-state index >= 15 is 0 Å². The van der Waals surface area contributed by atoms with Crippen molar-refractivity contribution in [3.05, 3.63) is 61.3 Å². The van der Waals surface area contributed by atoms with Crippen LogP contribution in [0.15, 0.2) is 45.6 Å². The van der Waals surface area contributed by atoms with Crippen molar-refractivity contribution in [3.8, 4) is 0 Å². The lowest BCUT2D eigenvalue weighted by Crippen LogP contribution is -2.00. The van der Waals surface area contributed by atoms with Gasteiger partial charge in [0.1, 0.15) is 0 Å². The third-order valence-corrected chi connectivity index (χ3v) is 3.51. The first-order chi connectivity index (χ1) is 9.06. The molecule has 0 spiro atoms. The van der Waals surface area contributed by atoms with E-state index in [-0.39, 0.29) is 5.69 Å². The summed E-state index contributed by atoms with van der Waals surface area (Å²) in [5.41, 5.74) is 1.71. The second kappa shape index (κ2) is 6.12. The van der Waals surface area contributed by atoms with E-state index in [1.807, 2.05) is 6.07 Å². The van der Waals surface area contributed by atoms with E-state index < -0.39 is 4.92 Å². The monoisotopic (exact) mass is 385 g/mol. The molecule has 0 aliphatic rings. The molecule has 0 atom stereocenters. The molecule has 0 bridgehead atoms. The highest BCUT2D eigenvalue weighted by Gasteiger charge is 2.12. The Bertz CT molecular complexity index is 620. The minimum atomic E-state index is -0.421. The standard InChI is InChI=1S/C12H9Br2N3O2/c13-9-3-8(5-15-7-9)6-16-10-1-2-11(14)12(4-10)17(18)19/h1-5,7,16H,6H2. The average molecular weight is 387 g/mol. The van der Waals surface area contributed by atoms with Gasteiger partial charge in [-0.3, -0.25) is 15.1 Å². The number of aromatic nitrogens is 1. The number of nitro groups is 1. The second-order valence-electron chi connectivity index (χ2n) is 3.79. The molecule has 5 nitrogen and oxygen atoms in total. The third kappa shape index (κ3) is 3.74. The number of halogens is 2. The molecule has 2 aromatic rings. The smallest absolute Gasteiger partial charge is 0.285 e. The summed E-state index contributed by atoms with van der Waals surface area (Å²) >= 11 is 6.49. The number of nitrogens with one attached hydrogen (secondary N) is 1. The number of anilines is 1. The topological polar surface area (TPSA) is 68.1 Å². The van der Waals surface area contributed by atoms with Gasteiger partial charge >= 0.3 is 0 Å². The number of hydrogen-bond acceptors (Lipinski definition) is 4. The molecule has 98 valence electrons. The number of benzene rings is 1. The maximum absolute atomic E-state index is 10.8. The molecular weight excluding hydrogens is 378 g/mol. The highest BCUT2D eigenvalue weighted by molar-refractivity contribution is 9.10. The van der Waals surface area contributed by atoms with Gasteiger partial charge in [-0.05, 0) is 55.6 Å². The fourth-order valence-electron chi connectivity index (χ4n) is 1.52. The minimum Gasteiger partial charge on any atom is -0.381 e. The highest BCUT2D eigenvalue weighted by Crippen LogP contribution is 2.28. The summed E-state index contributed by atoms with van der Waals surface area (Å²) in [7, 11) is 0. The van der Waals surface area contributed by atoms with Gasteiger partial charge in [-0.2, -0.15) is 0 Å². The molecule has 0 aliphatic carbocycles. The molecule has 0 saturated carbocycles. The molecule has 0 fully saturated rings. The number of hydrogen-bond donors (Lipinski definition) is 1. The Kier molecular flexibility index (Phi) is 4.49. The summed E-state index contributed by atoms with van der Waals surface area (Å²) in [6.45, 7) is 0.547. The third-order valence-electron chi connectivity index (χ3n) is 2.40. The fraction of sp³-hybridized carbons (Fsp3) is 0.0833. The largest absolute Gasteiger partial charge is 0.381 e. The van der Waals surface area contributed by atoms with Crippen molar-refractivity contribution in [2.24, 2.45) is 0 Å². The molecular formula is C12H9Br2N3O2. The maximum atomic E-state index is 10.8. The van der Waals surface area contributed by atoms with E-state index in [0.717, 1.165) is 10.0 Å². The van der Waals surface area contributed by atoms with Crippen LogP contribution >= 0.6 is 31.9 Å². The van der Waals surface area contributed by atoms with E-state index in [0.29, 0.717) is 16.7 Å². The Morgan fingerprint density at radius 2 is 2.05 bits per heavy atom. The predicted octanol–water partition coefficient (Wildman–Crippen LogP) is 4.13. The summed E-state index contributed by atoms with van der Waals surface area (Å²) in [6.07, 6.45) is 3.44. The lowest BCUT2D eigenvalue weighted by atomic mass is 10.2. The molecule has 7 heteroatoms. The summed E-state index contributed by atoms with van der Waals surface area (Å²) < 4.78 is 1.36. The van der Waals surface area contributed by atoms with Crippen molar-refractivity contribution in [2.75, 3.05) is 5.32 Å². The first kappa shape index (κ1) is 14.0. The predicted molar refractivity (Wildman–Crippen MR) is 80.1 cm³/mol. The zero-order valence-electron chi connectivity index (χ0n) is 9.64. The molecule has 0 aliphatic heterocycles. The van der Waals surface area contributed by atoms with Crippen LogP contribution in [0.3, 0.4) is 0 Å². The van der Waals surface area contributed by atoms with Crippen LogP contribution in [0.5, 0.6) is 0 Å². The van der Waals surface area contributed by atoms with E-state index in [4.69, 9.17) is 0 Å². The van der Waals surface area contributed by atoms with Crippen LogP contribution in [0, 0.1) is 10.1 Å². The molecule has 1 heterocycles. The van der Waals surface area contributed by atoms with Crippen LogP contribution < -0.4 is 5.32 Å². The molecule has 0 amide bonds. The van der Waals surface area contributed by atoms with Crippen LogP contribution in [-0.2, 0) is 6.54 Å². The van der Waals surface area contributed by atoms with E-state index in [2.05, 4.69) is 42.2 Å². The van der Waals surface area contributed by atoms with E-state index in [1.54, 1.807) is 24.5 Å². The van der Waals surface area contributed by atoms with Crippen molar-refractivity contribution in [3.63, 3.8) is 0 Å². The Hall–Kier alpha value is -1.47. The summed E-state index contributed by atoms with van der Waals surface area (Å²) in [4.78, 5) is 14.5. The molecule has 0 radical (unpaired) electrons. The zero-order valence-corrected chi connectivity index (χ0v) is 12.8. The van der Waals surface area contributed by atoms with Crippen molar-refractivity contribution < 1.29 is 4.92 Å². The summed E-state index contributed by atoms with van der Waals surface area (Å²) in [5.74, 6) is 0. The number of rotatable bonds is 4. The zero-order chi connectivity index (χ0) is 13.8. The van der Waals surface area contributed by atoms with Gasteiger partial charge in [0.25, 0.3) is 5.69 Å². The Labute approximate surface area is 126 Å². The van der Waals surface area contributed by atoms with Gasteiger partial charge in [-0.25, -0.2) is 0 Å². The Balaban J connectivity index is 2.12. The van der Waals surface area contributed by atoms with E-state index in [9.17, 15) is 10.1 Å². The minimum absolute atomic E-state index is 0.0392. The molecule has 0 saturated heterocycles.